The molecule has 2 aromatic heterocycles. The van der Waals surface area contributed by atoms with E-state index in [2.05, 4.69) is 27.3 Å². The molecule has 0 aliphatic carbocycles. The minimum absolute atomic E-state index is 0.141. The Morgan fingerprint density at radius 3 is 2.45 bits per heavy atom. The maximum atomic E-state index is 13.1. The van der Waals surface area contributed by atoms with E-state index in [1.165, 1.54) is 32.6 Å². The standard InChI is InChI=1S/C37H36N4O5S/c1-40-32(19-26-13-16-47-23-26)36(43)39-31(37(40)44)18-25-5-4-6-28(17-25)35(42)38-30-9-7-24(8-10-30)11-14-41-15-12-27-20-33(45-2)34(46-3)21-29(27)22-41/h4-10,13,16-21,23H,11-12,14-15,22H2,1-3H3,(H,38,42)(H,39,43). The van der Waals surface area contributed by atoms with Crippen LogP contribution < -0.4 is 36.6 Å². The number of methoxy groups -OCH3 is 2. The van der Waals surface area contributed by atoms with Crippen molar-refractivity contribution in [3.8, 4) is 11.5 Å². The molecule has 6 rings (SSSR count). The van der Waals surface area contributed by atoms with Gasteiger partial charge in [0.1, 0.15) is 10.7 Å². The second kappa shape index (κ2) is 14.1. The molecule has 1 amide bonds. The lowest BCUT2D eigenvalue weighted by Crippen LogP contribution is -2.52. The van der Waals surface area contributed by atoms with E-state index in [0.29, 0.717) is 16.8 Å². The molecule has 0 saturated carbocycles. The summed E-state index contributed by atoms with van der Waals surface area (Å²) in [5.41, 5.74) is 5.65. The number of fused-ring (bicyclic) bond motifs is 1. The van der Waals surface area contributed by atoms with Crippen LogP contribution in [0.3, 0.4) is 0 Å². The number of aromatic amines is 1. The van der Waals surface area contributed by atoms with Crippen molar-refractivity contribution in [2.75, 3.05) is 32.6 Å². The average molecular weight is 649 g/mol. The van der Waals surface area contributed by atoms with Crippen LogP contribution >= 0.6 is 11.3 Å². The number of amides is 1. The van der Waals surface area contributed by atoms with E-state index in [-0.39, 0.29) is 27.7 Å². The van der Waals surface area contributed by atoms with Crippen molar-refractivity contribution < 1.29 is 14.3 Å². The number of hydrogen-bond acceptors (Lipinski definition) is 7. The SMILES string of the molecule is COc1cc2c(cc1OC)CN(CCc1ccc(NC(=O)c3cccc(C=c4[nH]c(=O)c(=Cc5ccsc5)n(C)c4=O)c3)cc1)CC2. The van der Waals surface area contributed by atoms with E-state index < -0.39 is 0 Å². The van der Waals surface area contributed by atoms with Crippen LogP contribution in [0.15, 0.2) is 87.1 Å². The van der Waals surface area contributed by atoms with Gasteiger partial charge in [-0.05, 0) is 106 Å². The molecule has 240 valence electrons. The molecular weight excluding hydrogens is 612 g/mol. The molecule has 0 spiro atoms. The molecule has 0 atom stereocenters. The highest BCUT2D eigenvalue weighted by Gasteiger charge is 2.19. The quantitative estimate of drug-likeness (QED) is 0.253. The van der Waals surface area contributed by atoms with Gasteiger partial charge >= 0.3 is 0 Å². The van der Waals surface area contributed by atoms with Crippen LogP contribution in [0.1, 0.15) is 38.2 Å². The Morgan fingerprint density at radius 2 is 1.72 bits per heavy atom. The lowest BCUT2D eigenvalue weighted by Gasteiger charge is -2.29. The van der Waals surface area contributed by atoms with E-state index in [4.69, 9.17) is 9.47 Å². The van der Waals surface area contributed by atoms with Crippen LogP contribution in [0.4, 0.5) is 5.69 Å². The van der Waals surface area contributed by atoms with Gasteiger partial charge in [-0.25, -0.2) is 0 Å². The van der Waals surface area contributed by atoms with Crippen molar-refractivity contribution in [2.24, 2.45) is 7.05 Å². The summed E-state index contributed by atoms with van der Waals surface area (Å²) in [5.74, 6) is 1.26. The minimum atomic E-state index is -0.370. The van der Waals surface area contributed by atoms with E-state index in [9.17, 15) is 14.4 Å². The van der Waals surface area contributed by atoms with Gasteiger partial charge in [0, 0.05) is 37.9 Å². The number of hydrogen-bond donors (Lipinski definition) is 2. The van der Waals surface area contributed by atoms with Crippen molar-refractivity contribution in [1.82, 2.24) is 14.5 Å². The van der Waals surface area contributed by atoms with Crippen LogP contribution in [-0.2, 0) is 26.4 Å². The first-order valence-corrected chi connectivity index (χ1v) is 16.3. The van der Waals surface area contributed by atoms with Crippen molar-refractivity contribution in [3.05, 3.63) is 142 Å². The van der Waals surface area contributed by atoms with Gasteiger partial charge in [0.2, 0.25) is 0 Å². The van der Waals surface area contributed by atoms with Crippen molar-refractivity contribution in [1.29, 1.82) is 0 Å². The number of nitrogens with one attached hydrogen (secondary N) is 2. The Balaban J connectivity index is 1.09. The third kappa shape index (κ3) is 7.29. The number of carbonyl (C=O) groups excluding carboxylic acids is 1. The van der Waals surface area contributed by atoms with Gasteiger partial charge in [-0.15, -0.1) is 0 Å². The molecule has 0 fully saturated rings. The summed E-state index contributed by atoms with van der Waals surface area (Å²) >= 11 is 1.51. The normalized spacial score (nSPS) is 13.8. The fourth-order valence-corrected chi connectivity index (χ4v) is 6.39. The van der Waals surface area contributed by atoms with E-state index >= 15 is 0 Å². The Kier molecular flexibility index (Phi) is 9.51. The molecule has 0 radical (unpaired) electrons. The van der Waals surface area contributed by atoms with Gasteiger partial charge in [0.15, 0.2) is 11.5 Å². The van der Waals surface area contributed by atoms with Gasteiger partial charge in [-0.3, -0.25) is 19.3 Å². The molecule has 10 heteroatoms. The molecule has 3 aromatic carbocycles. The topological polar surface area (TPSA) is 106 Å². The van der Waals surface area contributed by atoms with Crippen LogP contribution in [0, 0.1) is 0 Å². The maximum absolute atomic E-state index is 13.1. The van der Waals surface area contributed by atoms with E-state index in [0.717, 1.165) is 49.5 Å². The lowest BCUT2D eigenvalue weighted by molar-refractivity contribution is 0.102. The summed E-state index contributed by atoms with van der Waals surface area (Å²) < 4.78 is 12.3. The first kappa shape index (κ1) is 31.8. The largest absolute Gasteiger partial charge is 0.493 e. The molecule has 0 bridgehead atoms. The molecule has 5 aromatic rings. The average Bonchev–Trinajstić information content (AvgIpc) is 3.61. The highest BCUT2D eigenvalue weighted by molar-refractivity contribution is 7.08. The number of thiophene rings is 1. The Bertz CT molecular complexity index is 2150. The van der Waals surface area contributed by atoms with E-state index in [1.807, 2.05) is 41.1 Å². The third-order valence-electron chi connectivity index (χ3n) is 8.41. The lowest BCUT2D eigenvalue weighted by atomic mass is 9.98. The number of ether oxygens (including phenoxy) is 2. The monoisotopic (exact) mass is 648 g/mol. The highest BCUT2D eigenvalue weighted by atomic mass is 32.1. The molecule has 3 heterocycles. The fraction of sp³-hybridized carbons (Fsp3) is 0.216. The Hall–Kier alpha value is -5.19. The fourth-order valence-electron chi connectivity index (χ4n) is 5.77. The molecule has 0 saturated heterocycles. The van der Waals surface area contributed by atoms with E-state index in [1.54, 1.807) is 57.7 Å². The number of carbonyl (C=O) groups is 1. The summed E-state index contributed by atoms with van der Waals surface area (Å²) in [4.78, 5) is 44.1. The van der Waals surface area contributed by atoms with Crippen LogP contribution in [0.2, 0.25) is 0 Å². The zero-order valence-corrected chi connectivity index (χ0v) is 27.4. The first-order valence-electron chi connectivity index (χ1n) is 15.3. The van der Waals surface area contributed by atoms with Crippen LogP contribution in [-0.4, -0.2) is 47.7 Å². The summed E-state index contributed by atoms with van der Waals surface area (Å²) in [6, 6.07) is 20.9. The van der Waals surface area contributed by atoms with Gasteiger partial charge < -0.3 is 24.3 Å². The van der Waals surface area contributed by atoms with Gasteiger partial charge in [0.25, 0.3) is 17.0 Å². The predicted octanol–water partition coefficient (Wildman–Crippen LogP) is 3.66. The summed E-state index contributed by atoms with van der Waals surface area (Å²) in [5, 5.41) is 7.18. The van der Waals surface area contributed by atoms with Crippen molar-refractivity contribution in [3.63, 3.8) is 0 Å². The number of nitrogens with zero attached hydrogens (tertiary/aromatic N) is 2. The number of H-pyrrole nitrogens is 1. The molecule has 1 aliphatic rings. The molecule has 2 N–H and O–H groups in total. The predicted molar refractivity (Wildman–Crippen MR) is 186 cm³/mol. The number of aromatic nitrogens is 2. The number of rotatable bonds is 9. The van der Waals surface area contributed by atoms with Gasteiger partial charge in [-0.2, -0.15) is 11.3 Å². The van der Waals surface area contributed by atoms with Crippen LogP contribution in [0.5, 0.6) is 11.5 Å². The molecule has 1 aliphatic heterocycles. The number of anilines is 1. The van der Waals surface area contributed by atoms with Crippen LogP contribution in [0.25, 0.3) is 12.2 Å². The minimum Gasteiger partial charge on any atom is -0.493 e. The third-order valence-corrected chi connectivity index (χ3v) is 9.11. The molecule has 0 unspecified atom stereocenters. The maximum Gasteiger partial charge on any atom is 0.274 e. The first-order chi connectivity index (χ1) is 22.8. The molecular formula is C37H36N4O5S. The molecule has 47 heavy (non-hydrogen) atoms. The Morgan fingerprint density at radius 1 is 0.957 bits per heavy atom. The molecule has 9 nitrogen and oxygen atoms in total. The van der Waals surface area contributed by atoms with Gasteiger partial charge in [-0.1, -0.05) is 24.3 Å². The van der Waals surface area contributed by atoms with Gasteiger partial charge in [0.05, 0.1) is 14.2 Å². The summed E-state index contributed by atoms with van der Waals surface area (Å²) in [6.45, 7) is 2.77. The smallest absolute Gasteiger partial charge is 0.274 e. The summed E-state index contributed by atoms with van der Waals surface area (Å²) in [6.07, 6.45) is 5.12. The second-order valence-electron chi connectivity index (χ2n) is 11.5. The zero-order chi connectivity index (χ0) is 32.9. The number of benzene rings is 3. The second-order valence-corrected chi connectivity index (χ2v) is 12.3. The highest BCUT2D eigenvalue weighted by Crippen LogP contribution is 2.33. The summed E-state index contributed by atoms with van der Waals surface area (Å²) in [7, 11) is 4.90. The zero-order valence-electron chi connectivity index (χ0n) is 26.5. The van der Waals surface area contributed by atoms with Crippen molar-refractivity contribution >= 4 is 35.1 Å². The van der Waals surface area contributed by atoms with Crippen molar-refractivity contribution in [2.45, 2.75) is 19.4 Å². The Labute approximate surface area is 276 Å².